The molecule has 1 aromatic heterocycles. The third-order valence-electron chi connectivity index (χ3n) is 2.66. The van der Waals surface area contributed by atoms with Gasteiger partial charge in [0.25, 0.3) is 5.91 Å². The quantitative estimate of drug-likeness (QED) is 0.795. The van der Waals surface area contributed by atoms with Crippen LogP contribution in [-0.4, -0.2) is 28.4 Å². The average Bonchev–Trinajstić information content (AvgIpc) is 3.14. The molecule has 0 radical (unpaired) electrons. The van der Waals surface area contributed by atoms with Gasteiger partial charge in [-0.3, -0.25) is 4.79 Å². The zero-order valence-corrected chi connectivity index (χ0v) is 9.27. The molecular formula is C12H12FN3O. The van der Waals surface area contributed by atoms with Crippen LogP contribution in [0.2, 0.25) is 0 Å². The Hall–Kier alpha value is -1.96. The van der Waals surface area contributed by atoms with E-state index in [1.54, 1.807) is 4.90 Å². The van der Waals surface area contributed by atoms with Gasteiger partial charge >= 0.3 is 0 Å². The Labute approximate surface area is 98.7 Å². The molecule has 1 aliphatic carbocycles. The Bertz CT molecular complexity index is 448. The molecule has 1 heterocycles. The van der Waals surface area contributed by atoms with Crippen LogP contribution in [0.3, 0.4) is 0 Å². The summed E-state index contributed by atoms with van der Waals surface area (Å²) >= 11 is 0. The molecule has 17 heavy (non-hydrogen) atoms. The first kappa shape index (κ1) is 11.5. The molecule has 4 nitrogen and oxygen atoms in total. The summed E-state index contributed by atoms with van der Waals surface area (Å²) in [6.45, 7) is 0.416. The van der Waals surface area contributed by atoms with Crippen LogP contribution < -0.4 is 0 Å². The van der Waals surface area contributed by atoms with Gasteiger partial charge in [-0.25, -0.2) is 9.37 Å². The molecular weight excluding hydrogens is 221 g/mol. The van der Waals surface area contributed by atoms with Gasteiger partial charge in [0, 0.05) is 12.6 Å². The molecule has 0 bridgehead atoms. The maximum atomic E-state index is 12.7. The van der Waals surface area contributed by atoms with E-state index >= 15 is 0 Å². The summed E-state index contributed by atoms with van der Waals surface area (Å²) < 4.78 is 12.7. The number of rotatable bonds is 4. The van der Waals surface area contributed by atoms with Crippen molar-refractivity contribution in [1.29, 1.82) is 5.26 Å². The standard InChI is InChI=1S/C12H12FN3O/c13-9-2-5-11(15-8-9)12(17)16(7-1-6-14)10-3-4-10/h2,5,8,10H,1,3-4,7H2. The molecule has 0 saturated heterocycles. The van der Waals surface area contributed by atoms with Gasteiger partial charge in [-0.15, -0.1) is 0 Å². The number of nitriles is 1. The highest BCUT2D eigenvalue weighted by atomic mass is 19.1. The fourth-order valence-corrected chi connectivity index (χ4v) is 1.66. The van der Waals surface area contributed by atoms with Crippen LogP contribution in [0.5, 0.6) is 0 Å². The predicted molar refractivity (Wildman–Crippen MR) is 58.5 cm³/mol. The lowest BCUT2D eigenvalue weighted by Gasteiger charge is -2.20. The van der Waals surface area contributed by atoms with E-state index in [1.807, 2.05) is 6.07 Å². The SMILES string of the molecule is N#CCCN(C(=O)c1ccc(F)cn1)C1CC1. The predicted octanol–water partition coefficient (Wildman–Crippen LogP) is 1.74. The van der Waals surface area contributed by atoms with Gasteiger partial charge in [0.2, 0.25) is 0 Å². The minimum atomic E-state index is -0.462. The van der Waals surface area contributed by atoms with E-state index in [9.17, 15) is 9.18 Å². The number of hydrogen-bond acceptors (Lipinski definition) is 3. The topological polar surface area (TPSA) is 57.0 Å². The minimum absolute atomic E-state index is 0.220. The first-order valence-electron chi connectivity index (χ1n) is 5.52. The summed E-state index contributed by atoms with van der Waals surface area (Å²) in [4.78, 5) is 17.5. The maximum Gasteiger partial charge on any atom is 0.272 e. The zero-order valence-electron chi connectivity index (χ0n) is 9.27. The Morgan fingerprint density at radius 2 is 2.35 bits per heavy atom. The molecule has 1 saturated carbocycles. The van der Waals surface area contributed by atoms with Crippen LogP contribution in [0.1, 0.15) is 29.8 Å². The molecule has 0 spiro atoms. The number of aromatic nitrogens is 1. The molecule has 0 N–H and O–H groups in total. The second-order valence-electron chi connectivity index (χ2n) is 4.00. The number of hydrogen-bond donors (Lipinski definition) is 0. The first-order chi connectivity index (χ1) is 8.22. The Morgan fingerprint density at radius 3 is 2.88 bits per heavy atom. The van der Waals surface area contributed by atoms with Crippen molar-refractivity contribution in [3.05, 3.63) is 29.8 Å². The van der Waals surface area contributed by atoms with E-state index in [4.69, 9.17) is 5.26 Å². The van der Waals surface area contributed by atoms with Crippen molar-refractivity contribution in [3.8, 4) is 6.07 Å². The summed E-state index contributed by atoms with van der Waals surface area (Å²) in [7, 11) is 0. The van der Waals surface area contributed by atoms with E-state index < -0.39 is 5.82 Å². The Kier molecular flexibility index (Phi) is 3.33. The first-order valence-corrected chi connectivity index (χ1v) is 5.52. The highest BCUT2D eigenvalue weighted by Gasteiger charge is 2.33. The summed E-state index contributed by atoms with van der Waals surface area (Å²) in [6, 6.07) is 4.84. The monoisotopic (exact) mass is 233 g/mol. The molecule has 0 aromatic carbocycles. The molecule has 1 fully saturated rings. The summed E-state index contributed by atoms with van der Waals surface area (Å²) in [6.07, 6.45) is 3.28. The van der Waals surface area contributed by atoms with E-state index in [0.717, 1.165) is 19.0 Å². The molecule has 0 unspecified atom stereocenters. The summed E-state index contributed by atoms with van der Waals surface area (Å²) in [5.74, 6) is -0.681. The maximum absolute atomic E-state index is 12.7. The molecule has 2 rings (SSSR count). The highest BCUT2D eigenvalue weighted by molar-refractivity contribution is 5.92. The van der Waals surface area contributed by atoms with Gasteiger partial charge in [-0.1, -0.05) is 0 Å². The van der Waals surface area contributed by atoms with E-state index in [0.29, 0.717) is 13.0 Å². The summed E-state index contributed by atoms with van der Waals surface area (Å²) in [5, 5.41) is 8.55. The molecule has 1 aliphatic rings. The van der Waals surface area contributed by atoms with Crippen molar-refractivity contribution in [3.63, 3.8) is 0 Å². The van der Waals surface area contributed by atoms with Gasteiger partial charge in [0.1, 0.15) is 11.5 Å². The van der Waals surface area contributed by atoms with Gasteiger partial charge < -0.3 is 4.90 Å². The normalized spacial score (nSPS) is 14.1. The smallest absolute Gasteiger partial charge is 0.272 e. The third kappa shape index (κ3) is 2.78. The van der Waals surface area contributed by atoms with Gasteiger partial charge in [0.05, 0.1) is 18.7 Å². The number of carbonyl (C=O) groups is 1. The van der Waals surface area contributed by atoms with Crippen LogP contribution in [0, 0.1) is 17.1 Å². The third-order valence-corrected chi connectivity index (χ3v) is 2.66. The second-order valence-corrected chi connectivity index (χ2v) is 4.00. The summed E-state index contributed by atoms with van der Waals surface area (Å²) in [5.41, 5.74) is 0.233. The molecule has 1 amide bonds. The number of carbonyl (C=O) groups excluding carboxylic acids is 1. The average molecular weight is 233 g/mol. The fraction of sp³-hybridized carbons (Fsp3) is 0.417. The van der Waals surface area contributed by atoms with Crippen molar-refractivity contribution in [2.24, 2.45) is 0 Å². The lowest BCUT2D eigenvalue weighted by Crippen LogP contribution is -2.34. The van der Waals surface area contributed by atoms with Gasteiger partial charge in [-0.2, -0.15) is 5.26 Å². The fourth-order valence-electron chi connectivity index (χ4n) is 1.66. The van der Waals surface area contributed by atoms with Gasteiger partial charge in [0.15, 0.2) is 0 Å². The van der Waals surface area contributed by atoms with Crippen molar-refractivity contribution in [2.75, 3.05) is 6.54 Å². The minimum Gasteiger partial charge on any atom is -0.333 e. The van der Waals surface area contributed by atoms with Crippen molar-refractivity contribution in [2.45, 2.75) is 25.3 Å². The zero-order chi connectivity index (χ0) is 12.3. The largest absolute Gasteiger partial charge is 0.333 e. The van der Waals surface area contributed by atoms with Crippen LogP contribution in [0.15, 0.2) is 18.3 Å². The van der Waals surface area contributed by atoms with Crippen molar-refractivity contribution < 1.29 is 9.18 Å². The molecule has 88 valence electrons. The highest BCUT2D eigenvalue weighted by Crippen LogP contribution is 2.28. The Morgan fingerprint density at radius 1 is 1.59 bits per heavy atom. The number of halogens is 1. The van der Waals surface area contributed by atoms with Crippen LogP contribution in [0.25, 0.3) is 0 Å². The van der Waals surface area contributed by atoms with E-state index in [-0.39, 0.29) is 17.6 Å². The van der Waals surface area contributed by atoms with E-state index in [2.05, 4.69) is 4.98 Å². The van der Waals surface area contributed by atoms with Crippen LogP contribution in [0.4, 0.5) is 4.39 Å². The number of pyridine rings is 1. The Balaban J connectivity index is 2.10. The van der Waals surface area contributed by atoms with Gasteiger partial charge in [-0.05, 0) is 25.0 Å². The van der Waals surface area contributed by atoms with Crippen molar-refractivity contribution >= 4 is 5.91 Å². The molecule has 5 heteroatoms. The lowest BCUT2D eigenvalue weighted by molar-refractivity contribution is 0.0741. The van der Waals surface area contributed by atoms with E-state index in [1.165, 1.54) is 12.1 Å². The molecule has 1 aromatic rings. The van der Waals surface area contributed by atoms with Crippen LogP contribution in [-0.2, 0) is 0 Å². The molecule has 0 atom stereocenters. The number of nitrogens with zero attached hydrogens (tertiary/aromatic N) is 3. The van der Waals surface area contributed by atoms with Crippen molar-refractivity contribution in [1.82, 2.24) is 9.88 Å². The molecule has 0 aliphatic heterocycles. The second kappa shape index (κ2) is 4.91. The number of amides is 1. The van der Waals surface area contributed by atoms with Crippen LogP contribution >= 0.6 is 0 Å². The lowest BCUT2D eigenvalue weighted by atomic mass is 10.3.